The zero-order valence-electron chi connectivity index (χ0n) is 9.99. The standard InChI is InChI=1S/C13H21NO/c1-4-6-7-12-8-9-13(10-15)14(12)11(3)5-2/h8-11H,4-7H2,1-3H3. The Morgan fingerprint density at radius 3 is 2.67 bits per heavy atom. The fourth-order valence-corrected chi connectivity index (χ4v) is 1.89. The van der Waals surface area contributed by atoms with Crippen LogP contribution in [-0.4, -0.2) is 10.9 Å². The van der Waals surface area contributed by atoms with Crippen LogP contribution in [-0.2, 0) is 6.42 Å². The number of aryl methyl sites for hydroxylation is 1. The second-order valence-electron chi connectivity index (χ2n) is 4.10. The van der Waals surface area contributed by atoms with Crippen LogP contribution in [0.1, 0.15) is 62.3 Å². The van der Waals surface area contributed by atoms with Gasteiger partial charge in [-0.3, -0.25) is 4.79 Å². The molecule has 0 saturated heterocycles. The lowest BCUT2D eigenvalue weighted by Gasteiger charge is -2.17. The van der Waals surface area contributed by atoms with E-state index in [9.17, 15) is 4.79 Å². The van der Waals surface area contributed by atoms with Crippen molar-refractivity contribution in [1.82, 2.24) is 4.57 Å². The lowest BCUT2D eigenvalue weighted by atomic mass is 10.2. The molecular formula is C13H21NO. The zero-order valence-corrected chi connectivity index (χ0v) is 9.99. The van der Waals surface area contributed by atoms with Gasteiger partial charge in [0.15, 0.2) is 6.29 Å². The second kappa shape index (κ2) is 5.74. The summed E-state index contributed by atoms with van der Waals surface area (Å²) >= 11 is 0. The highest BCUT2D eigenvalue weighted by molar-refractivity contribution is 5.72. The van der Waals surface area contributed by atoms with E-state index >= 15 is 0 Å². The monoisotopic (exact) mass is 207 g/mol. The predicted molar refractivity (Wildman–Crippen MR) is 63.4 cm³/mol. The van der Waals surface area contributed by atoms with Gasteiger partial charge < -0.3 is 4.57 Å². The van der Waals surface area contributed by atoms with Gasteiger partial charge in [0.05, 0.1) is 5.69 Å². The average Bonchev–Trinajstić information content (AvgIpc) is 2.68. The first-order chi connectivity index (χ1) is 7.24. The van der Waals surface area contributed by atoms with Crippen molar-refractivity contribution < 1.29 is 4.79 Å². The molecule has 84 valence electrons. The van der Waals surface area contributed by atoms with E-state index in [2.05, 4.69) is 31.4 Å². The number of carbonyl (C=O) groups excluding carboxylic acids is 1. The normalized spacial score (nSPS) is 12.7. The van der Waals surface area contributed by atoms with Gasteiger partial charge in [0.25, 0.3) is 0 Å². The Balaban J connectivity index is 2.94. The quantitative estimate of drug-likeness (QED) is 0.653. The van der Waals surface area contributed by atoms with Crippen LogP contribution in [0.4, 0.5) is 0 Å². The fourth-order valence-electron chi connectivity index (χ4n) is 1.89. The van der Waals surface area contributed by atoms with Crippen LogP contribution in [0.3, 0.4) is 0 Å². The van der Waals surface area contributed by atoms with Gasteiger partial charge in [-0.2, -0.15) is 0 Å². The third-order valence-corrected chi connectivity index (χ3v) is 2.97. The van der Waals surface area contributed by atoms with E-state index in [0.717, 1.165) is 24.8 Å². The molecule has 1 unspecified atom stereocenters. The van der Waals surface area contributed by atoms with Gasteiger partial charge in [0.1, 0.15) is 0 Å². The minimum atomic E-state index is 0.423. The molecule has 0 spiro atoms. The summed E-state index contributed by atoms with van der Waals surface area (Å²) in [7, 11) is 0. The molecule has 0 aliphatic heterocycles. The minimum Gasteiger partial charge on any atom is -0.340 e. The SMILES string of the molecule is CCCCc1ccc(C=O)n1C(C)CC. The number of nitrogens with zero attached hydrogens (tertiary/aromatic N) is 1. The Labute approximate surface area is 92.3 Å². The van der Waals surface area contributed by atoms with Gasteiger partial charge in [-0.1, -0.05) is 20.3 Å². The molecular weight excluding hydrogens is 186 g/mol. The summed E-state index contributed by atoms with van der Waals surface area (Å²) in [4.78, 5) is 10.9. The maximum absolute atomic E-state index is 10.9. The van der Waals surface area contributed by atoms with Crippen LogP contribution in [0.15, 0.2) is 12.1 Å². The van der Waals surface area contributed by atoms with Crippen LogP contribution < -0.4 is 0 Å². The lowest BCUT2D eigenvalue weighted by Crippen LogP contribution is -2.11. The number of aromatic nitrogens is 1. The van der Waals surface area contributed by atoms with Crippen LogP contribution in [0.5, 0.6) is 0 Å². The van der Waals surface area contributed by atoms with E-state index < -0.39 is 0 Å². The minimum absolute atomic E-state index is 0.423. The van der Waals surface area contributed by atoms with Crippen molar-refractivity contribution in [3.05, 3.63) is 23.5 Å². The molecule has 1 rings (SSSR count). The summed E-state index contributed by atoms with van der Waals surface area (Å²) in [5.41, 5.74) is 2.11. The van der Waals surface area contributed by atoms with E-state index in [1.807, 2.05) is 6.07 Å². The lowest BCUT2D eigenvalue weighted by molar-refractivity contribution is 0.111. The Bertz CT molecular complexity index is 314. The summed E-state index contributed by atoms with van der Waals surface area (Å²) in [5, 5.41) is 0. The van der Waals surface area contributed by atoms with Crippen LogP contribution in [0.25, 0.3) is 0 Å². The zero-order chi connectivity index (χ0) is 11.3. The van der Waals surface area contributed by atoms with Crippen LogP contribution >= 0.6 is 0 Å². The number of carbonyl (C=O) groups is 1. The molecule has 15 heavy (non-hydrogen) atoms. The molecule has 1 aromatic rings. The molecule has 2 heteroatoms. The highest BCUT2D eigenvalue weighted by Crippen LogP contribution is 2.19. The van der Waals surface area contributed by atoms with Crippen molar-refractivity contribution in [3.63, 3.8) is 0 Å². The van der Waals surface area contributed by atoms with Crippen molar-refractivity contribution in [2.75, 3.05) is 0 Å². The number of aldehydes is 1. The Kier molecular flexibility index (Phi) is 4.60. The molecule has 0 bridgehead atoms. The fraction of sp³-hybridized carbons (Fsp3) is 0.615. The van der Waals surface area contributed by atoms with E-state index in [4.69, 9.17) is 0 Å². The van der Waals surface area contributed by atoms with Gasteiger partial charge in [-0.25, -0.2) is 0 Å². The van der Waals surface area contributed by atoms with Gasteiger partial charge in [-0.05, 0) is 38.3 Å². The highest BCUT2D eigenvalue weighted by Gasteiger charge is 2.11. The smallest absolute Gasteiger partial charge is 0.166 e. The van der Waals surface area contributed by atoms with Crippen molar-refractivity contribution in [2.45, 2.75) is 52.5 Å². The first-order valence-electron chi connectivity index (χ1n) is 5.89. The summed E-state index contributed by atoms with van der Waals surface area (Å²) in [6, 6.07) is 4.45. The Hall–Kier alpha value is -1.05. The maximum atomic E-state index is 10.9. The molecule has 0 N–H and O–H groups in total. The molecule has 1 aromatic heterocycles. The first kappa shape index (κ1) is 12.0. The number of hydrogen-bond donors (Lipinski definition) is 0. The molecule has 2 nitrogen and oxygen atoms in total. The number of hydrogen-bond acceptors (Lipinski definition) is 1. The summed E-state index contributed by atoms with van der Waals surface area (Å²) in [6.45, 7) is 6.52. The molecule has 0 aromatic carbocycles. The highest BCUT2D eigenvalue weighted by atomic mass is 16.1. The first-order valence-corrected chi connectivity index (χ1v) is 5.89. The van der Waals surface area contributed by atoms with E-state index in [1.165, 1.54) is 18.5 Å². The number of rotatable bonds is 6. The molecule has 0 amide bonds. The van der Waals surface area contributed by atoms with Gasteiger partial charge in [-0.15, -0.1) is 0 Å². The summed E-state index contributed by atoms with van der Waals surface area (Å²) in [5.74, 6) is 0. The molecule has 0 aliphatic rings. The molecule has 1 heterocycles. The third-order valence-electron chi connectivity index (χ3n) is 2.97. The molecule has 0 saturated carbocycles. The second-order valence-corrected chi connectivity index (χ2v) is 4.10. The molecule has 0 fully saturated rings. The summed E-state index contributed by atoms with van der Waals surface area (Å²) < 4.78 is 2.18. The topological polar surface area (TPSA) is 22.0 Å². The summed E-state index contributed by atoms with van der Waals surface area (Å²) in [6.07, 6.45) is 5.49. The van der Waals surface area contributed by atoms with Crippen LogP contribution in [0, 0.1) is 0 Å². The van der Waals surface area contributed by atoms with Gasteiger partial charge in [0.2, 0.25) is 0 Å². The van der Waals surface area contributed by atoms with E-state index in [-0.39, 0.29) is 0 Å². The van der Waals surface area contributed by atoms with E-state index in [1.54, 1.807) is 0 Å². The molecule has 0 radical (unpaired) electrons. The average molecular weight is 207 g/mol. The predicted octanol–water partition coefficient (Wildman–Crippen LogP) is 3.61. The molecule has 0 aliphatic carbocycles. The van der Waals surface area contributed by atoms with E-state index in [0.29, 0.717) is 6.04 Å². The number of unbranched alkanes of at least 4 members (excludes halogenated alkanes) is 1. The maximum Gasteiger partial charge on any atom is 0.166 e. The third kappa shape index (κ3) is 2.71. The van der Waals surface area contributed by atoms with Crippen LogP contribution in [0.2, 0.25) is 0 Å². The van der Waals surface area contributed by atoms with Crippen molar-refractivity contribution >= 4 is 6.29 Å². The van der Waals surface area contributed by atoms with Gasteiger partial charge >= 0.3 is 0 Å². The Morgan fingerprint density at radius 1 is 1.40 bits per heavy atom. The molecule has 1 atom stereocenters. The van der Waals surface area contributed by atoms with Crippen molar-refractivity contribution in [3.8, 4) is 0 Å². The van der Waals surface area contributed by atoms with Gasteiger partial charge in [0, 0.05) is 11.7 Å². The van der Waals surface area contributed by atoms with Crippen molar-refractivity contribution in [2.24, 2.45) is 0 Å². The van der Waals surface area contributed by atoms with Crippen molar-refractivity contribution in [1.29, 1.82) is 0 Å². The Morgan fingerprint density at radius 2 is 2.13 bits per heavy atom. The largest absolute Gasteiger partial charge is 0.340 e.